The van der Waals surface area contributed by atoms with E-state index in [2.05, 4.69) is 60.0 Å². The third kappa shape index (κ3) is 3.58. The highest BCUT2D eigenvalue weighted by Crippen LogP contribution is 2.29. The van der Waals surface area contributed by atoms with Crippen LogP contribution in [-0.2, 0) is 13.0 Å². The molecule has 142 valence electrons. The molecular formula is C24H24N2O2. The summed E-state index contributed by atoms with van der Waals surface area (Å²) in [6.07, 6.45) is 0.723. The van der Waals surface area contributed by atoms with E-state index < -0.39 is 0 Å². The largest absolute Gasteiger partial charge is 0.493 e. The van der Waals surface area contributed by atoms with Crippen LogP contribution >= 0.6 is 0 Å². The van der Waals surface area contributed by atoms with Gasteiger partial charge in [-0.05, 0) is 42.3 Å². The predicted molar refractivity (Wildman–Crippen MR) is 112 cm³/mol. The number of ether oxygens (including phenoxy) is 2. The van der Waals surface area contributed by atoms with Crippen LogP contribution in [0.25, 0.3) is 11.0 Å². The Hall–Kier alpha value is -3.27. The first-order chi connectivity index (χ1) is 13.7. The number of hydrogen-bond acceptors (Lipinski definition) is 3. The second-order valence-corrected chi connectivity index (χ2v) is 6.96. The average Bonchev–Trinajstić information content (AvgIpc) is 3.05. The molecule has 0 fully saturated rings. The first kappa shape index (κ1) is 18.1. The summed E-state index contributed by atoms with van der Waals surface area (Å²) in [6.45, 7) is 2.92. The third-order valence-corrected chi connectivity index (χ3v) is 4.97. The van der Waals surface area contributed by atoms with Crippen LogP contribution in [0.3, 0.4) is 0 Å². The smallest absolute Gasteiger partial charge is 0.161 e. The third-order valence-electron chi connectivity index (χ3n) is 4.97. The van der Waals surface area contributed by atoms with Crippen LogP contribution in [0.2, 0.25) is 0 Å². The topological polar surface area (TPSA) is 36.3 Å². The SMILES string of the molecule is COc1ccc(Cc2nc3ccccc3n2Cc2cccc(C)c2)cc1OC. The minimum atomic E-state index is 0.723. The van der Waals surface area contributed by atoms with Crippen molar-refractivity contribution in [2.45, 2.75) is 19.9 Å². The second kappa shape index (κ2) is 7.77. The molecule has 28 heavy (non-hydrogen) atoms. The average molecular weight is 372 g/mol. The second-order valence-electron chi connectivity index (χ2n) is 6.96. The summed E-state index contributed by atoms with van der Waals surface area (Å²) in [5.41, 5.74) is 5.85. The van der Waals surface area contributed by atoms with E-state index in [1.54, 1.807) is 14.2 Å². The molecule has 0 amide bonds. The molecule has 0 N–H and O–H groups in total. The lowest BCUT2D eigenvalue weighted by atomic mass is 10.1. The van der Waals surface area contributed by atoms with Crippen molar-refractivity contribution in [3.8, 4) is 11.5 Å². The van der Waals surface area contributed by atoms with E-state index in [0.717, 1.165) is 46.9 Å². The first-order valence-corrected chi connectivity index (χ1v) is 9.38. The van der Waals surface area contributed by atoms with E-state index in [1.165, 1.54) is 11.1 Å². The van der Waals surface area contributed by atoms with E-state index in [-0.39, 0.29) is 0 Å². The van der Waals surface area contributed by atoms with Crippen LogP contribution in [0, 0.1) is 6.92 Å². The lowest BCUT2D eigenvalue weighted by Crippen LogP contribution is -2.06. The van der Waals surface area contributed by atoms with E-state index >= 15 is 0 Å². The van der Waals surface area contributed by atoms with Crippen LogP contribution in [0.15, 0.2) is 66.7 Å². The Morgan fingerprint density at radius 3 is 2.43 bits per heavy atom. The van der Waals surface area contributed by atoms with Gasteiger partial charge in [0.2, 0.25) is 0 Å². The lowest BCUT2D eigenvalue weighted by Gasteiger charge is -2.12. The van der Waals surface area contributed by atoms with Gasteiger partial charge in [-0.3, -0.25) is 0 Å². The number of aryl methyl sites for hydroxylation is 1. The van der Waals surface area contributed by atoms with Gasteiger partial charge in [-0.15, -0.1) is 0 Å². The highest BCUT2D eigenvalue weighted by Gasteiger charge is 2.13. The number of para-hydroxylation sites is 2. The van der Waals surface area contributed by atoms with Gasteiger partial charge < -0.3 is 14.0 Å². The zero-order chi connectivity index (χ0) is 19.5. The van der Waals surface area contributed by atoms with Gasteiger partial charge in [0.05, 0.1) is 25.3 Å². The van der Waals surface area contributed by atoms with Crippen molar-refractivity contribution in [3.63, 3.8) is 0 Å². The Labute approximate surface area is 165 Å². The molecule has 1 heterocycles. The Kier molecular flexibility index (Phi) is 5.02. The molecule has 4 aromatic rings. The number of imidazole rings is 1. The van der Waals surface area contributed by atoms with E-state index in [1.807, 2.05) is 18.2 Å². The van der Waals surface area contributed by atoms with Gasteiger partial charge in [0.1, 0.15) is 5.82 Å². The van der Waals surface area contributed by atoms with Gasteiger partial charge >= 0.3 is 0 Å². The van der Waals surface area contributed by atoms with E-state index in [0.29, 0.717) is 0 Å². The van der Waals surface area contributed by atoms with Gasteiger partial charge in [-0.25, -0.2) is 4.98 Å². The summed E-state index contributed by atoms with van der Waals surface area (Å²) in [6, 6.07) is 23.0. The molecule has 4 nitrogen and oxygen atoms in total. The Bertz CT molecular complexity index is 1110. The van der Waals surface area contributed by atoms with Gasteiger partial charge in [0, 0.05) is 13.0 Å². The summed E-state index contributed by atoms with van der Waals surface area (Å²) in [5.74, 6) is 2.51. The summed E-state index contributed by atoms with van der Waals surface area (Å²) in [5, 5.41) is 0. The molecule has 0 aliphatic rings. The summed E-state index contributed by atoms with van der Waals surface area (Å²) in [4.78, 5) is 4.92. The molecular weight excluding hydrogens is 348 g/mol. The maximum absolute atomic E-state index is 5.46. The van der Waals surface area contributed by atoms with Crippen molar-refractivity contribution >= 4 is 11.0 Å². The number of rotatable bonds is 6. The molecule has 0 unspecified atom stereocenters. The number of aromatic nitrogens is 2. The fourth-order valence-corrected chi connectivity index (χ4v) is 3.60. The van der Waals surface area contributed by atoms with Gasteiger partial charge in [0.25, 0.3) is 0 Å². The molecule has 0 atom stereocenters. The summed E-state index contributed by atoms with van der Waals surface area (Å²) < 4.78 is 13.1. The van der Waals surface area contributed by atoms with Crippen molar-refractivity contribution in [2.24, 2.45) is 0 Å². The van der Waals surface area contributed by atoms with Crippen LogP contribution in [-0.4, -0.2) is 23.8 Å². The number of hydrogen-bond donors (Lipinski definition) is 0. The monoisotopic (exact) mass is 372 g/mol. The molecule has 0 radical (unpaired) electrons. The number of fused-ring (bicyclic) bond motifs is 1. The first-order valence-electron chi connectivity index (χ1n) is 9.38. The van der Waals surface area contributed by atoms with Crippen molar-refractivity contribution in [3.05, 3.63) is 89.2 Å². The quantitative estimate of drug-likeness (QED) is 0.478. The molecule has 4 heteroatoms. The van der Waals surface area contributed by atoms with E-state index in [4.69, 9.17) is 14.5 Å². The van der Waals surface area contributed by atoms with Crippen molar-refractivity contribution in [2.75, 3.05) is 14.2 Å². The predicted octanol–water partition coefficient (Wildman–Crippen LogP) is 5.00. The van der Waals surface area contributed by atoms with E-state index in [9.17, 15) is 0 Å². The minimum absolute atomic E-state index is 0.723. The normalized spacial score (nSPS) is 11.0. The zero-order valence-electron chi connectivity index (χ0n) is 16.5. The molecule has 0 bridgehead atoms. The standard InChI is InChI=1S/C24H24N2O2/c1-17-7-6-8-19(13-17)16-26-21-10-5-4-9-20(21)25-24(26)15-18-11-12-22(27-2)23(14-18)28-3/h4-14H,15-16H2,1-3H3. The molecule has 3 aromatic carbocycles. The molecule has 0 saturated carbocycles. The molecule has 0 spiro atoms. The highest BCUT2D eigenvalue weighted by molar-refractivity contribution is 5.76. The maximum Gasteiger partial charge on any atom is 0.161 e. The number of nitrogens with zero attached hydrogens (tertiary/aromatic N) is 2. The summed E-state index contributed by atoms with van der Waals surface area (Å²) in [7, 11) is 3.31. The summed E-state index contributed by atoms with van der Waals surface area (Å²) >= 11 is 0. The molecule has 0 aliphatic heterocycles. The van der Waals surface area contributed by atoms with Gasteiger partial charge in [-0.2, -0.15) is 0 Å². The Morgan fingerprint density at radius 1 is 0.821 bits per heavy atom. The van der Waals surface area contributed by atoms with Crippen LogP contribution in [0.1, 0.15) is 22.5 Å². The fourth-order valence-electron chi connectivity index (χ4n) is 3.60. The van der Waals surface area contributed by atoms with Crippen molar-refractivity contribution in [1.82, 2.24) is 9.55 Å². The van der Waals surface area contributed by atoms with Crippen molar-refractivity contribution < 1.29 is 9.47 Å². The fraction of sp³-hybridized carbons (Fsp3) is 0.208. The lowest BCUT2D eigenvalue weighted by molar-refractivity contribution is 0.354. The number of methoxy groups -OCH3 is 2. The molecule has 0 aliphatic carbocycles. The highest BCUT2D eigenvalue weighted by atomic mass is 16.5. The zero-order valence-corrected chi connectivity index (χ0v) is 16.5. The molecule has 1 aromatic heterocycles. The Morgan fingerprint density at radius 2 is 1.64 bits per heavy atom. The van der Waals surface area contributed by atoms with Gasteiger partial charge in [0.15, 0.2) is 11.5 Å². The Balaban J connectivity index is 1.74. The van der Waals surface area contributed by atoms with Crippen LogP contribution in [0.5, 0.6) is 11.5 Å². The van der Waals surface area contributed by atoms with Crippen molar-refractivity contribution in [1.29, 1.82) is 0 Å². The van der Waals surface area contributed by atoms with Crippen LogP contribution < -0.4 is 9.47 Å². The molecule has 4 rings (SSSR count). The van der Waals surface area contributed by atoms with Gasteiger partial charge in [-0.1, -0.05) is 48.0 Å². The maximum atomic E-state index is 5.46. The molecule has 0 saturated heterocycles. The number of benzene rings is 3. The van der Waals surface area contributed by atoms with Crippen LogP contribution in [0.4, 0.5) is 0 Å². The minimum Gasteiger partial charge on any atom is -0.493 e.